The lowest BCUT2D eigenvalue weighted by atomic mass is 10.1. The highest BCUT2D eigenvalue weighted by molar-refractivity contribution is 6.08. The van der Waals surface area contributed by atoms with Crippen LogP contribution in [0.15, 0.2) is 30.3 Å². The van der Waals surface area contributed by atoms with Crippen molar-refractivity contribution in [3.05, 3.63) is 53.0 Å². The number of carbonyl (C=O) groups is 1. The molecule has 0 aliphatic carbocycles. The molecule has 3 heterocycles. The van der Waals surface area contributed by atoms with Gasteiger partial charge in [-0.05, 0) is 45.7 Å². The first-order valence-electron chi connectivity index (χ1n) is 8.94. The zero-order valence-electron chi connectivity index (χ0n) is 15.0. The summed E-state index contributed by atoms with van der Waals surface area (Å²) >= 11 is 0. The van der Waals surface area contributed by atoms with E-state index in [1.807, 2.05) is 47.7 Å². The molecule has 0 radical (unpaired) electrons. The molecule has 1 fully saturated rings. The van der Waals surface area contributed by atoms with Crippen molar-refractivity contribution in [2.24, 2.45) is 0 Å². The standard InChI is InChI=1S/C20H24N4O/c1-13-11-14(2)24(22-13)12-16-7-6-10-23(16)20(25)19-15(3)21-18-9-5-4-8-17(18)19/h4-5,8-9,11,16,21H,6-7,10,12H2,1-3H3. The number of nitrogens with one attached hydrogen (secondary N) is 1. The van der Waals surface area contributed by atoms with Crippen LogP contribution in [0.2, 0.25) is 0 Å². The van der Waals surface area contributed by atoms with Gasteiger partial charge in [-0.3, -0.25) is 9.48 Å². The smallest absolute Gasteiger partial charge is 0.256 e. The minimum Gasteiger partial charge on any atom is -0.358 e. The van der Waals surface area contributed by atoms with E-state index in [-0.39, 0.29) is 11.9 Å². The lowest BCUT2D eigenvalue weighted by molar-refractivity contribution is 0.0722. The van der Waals surface area contributed by atoms with E-state index < -0.39 is 0 Å². The second-order valence-corrected chi connectivity index (χ2v) is 7.07. The Bertz CT molecular complexity index is 936. The molecule has 1 unspecified atom stereocenters. The summed E-state index contributed by atoms with van der Waals surface area (Å²) in [4.78, 5) is 18.7. The number of carbonyl (C=O) groups excluding carboxylic acids is 1. The Kier molecular flexibility index (Phi) is 3.86. The fourth-order valence-electron chi connectivity index (χ4n) is 4.05. The van der Waals surface area contributed by atoms with Crippen molar-refractivity contribution < 1.29 is 4.79 Å². The number of benzene rings is 1. The van der Waals surface area contributed by atoms with Crippen LogP contribution >= 0.6 is 0 Å². The maximum absolute atomic E-state index is 13.3. The summed E-state index contributed by atoms with van der Waals surface area (Å²) in [5.41, 5.74) is 4.97. The Hall–Kier alpha value is -2.56. The summed E-state index contributed by atoms with van der Waals surface area (Å²) in [7, 11) is 0. The zero-order valence-corrected chi connectivity index (χ0v) is 15.0. The molecular weight excluding hydrogens is 312 g/mol. The summed E-state index contributed by atoms with van der Waals surface area (Å²) in [5.74, 6) is 0.138. The van der Waals surface area contributed by atoms with Crippen LogP contribution in [-0.4, -0.2) is 38.2 Å². The second-order valence-electron chi connectivity index (χ2n) is 7.07. The zero-order chi connectivity index (χ0) is 17.6. The van der Waals surface area contributed by atoms with Gasteiger partial charge in [-0.2, -0.15) is 5.10 Å². The summed E-state index contributed by atoms with van der Waals surface area (Å²) in [5, 5.41) is 5.59. The Balaban J connectivity index is 1.64. The monoisotopic (exact) mass is 336 g/mol. The van der Waals surface area contributed by atoms with Gasteiger partial charge in [0.05, 0.1) is 23.8 Å². The lowest BCUT2D eigenvalue weighted by Gasteiger charge is -2.25. The molecule has 1 N–H and O–H groups in total. The number of likely N-dealkylation sites (tertiary alicyclic amines) is 1. The summed E-state index contributed by atoms with van der Waals surface area (Å²) in [6.45, 7) is 7.66. The number of aromatic amines is 1. The van der Waals surface area contributed by atoms with Gasteiger partial charge in [0.15, 0.2) is 0 Å². The maximum atomic E-state index is 13.3. The fraction of sp³-hybridized carbons (Fsp3) is 0.400. The molecule has 1 aromatic carbocycles. The van der Waals surface area contributed by atoms with Crippen LogP contribution in [0, 0.1) is 20.8 Å². The molecule has 5 heteroatoms. The molecular formula is C20H24N4O. The van der Waals surface area contributed by atoms with E-state index in [1.54, 1.807) is 0 Å². The van der Waals surface area contributed by atoms with Crippen LogP contribution in [0.1, 0.15) is 40.3 Å². The number of fused-ring (bicyclic) bond motifs is 1. The van der Waals surface area contributed by atoms with Gasteiger partial charge in [0.2, 0.25) is 0 Å². The largest absolute Gasteiger partial charge is 0.358 e. The van der Waals surface area contributed by atoms with Gasteiger partial charge in [-0.15, -0.1) is 0 Å². The second kappa shape index (κ2) is 6.06. The van der Waals surface area contributed by atoms with E-state index in [9.17, 15) is 4.79 Å². The number of rotatable bonds is 3. The van der Waals surface area contributed by atoms with Crippen LogP contribution in [0.25, 0.3) is 10.9 Å². The van der Waals surface area contributed by atoms with Crippen molar-refractivity contribution in [3.8, 4) is 0 Å². The molecule has 1 amide bonds. The minimum absolute atomic E-state index is 0.138. The first-order chi connectivity index (χ1) is 12.0. The van der Waals surface area contributed by atoms with E-state index in [4.69, 9.17) is 0 Å². The Morgan fingerprint density at radius 1 is 1.28 bits per heavy atom. The van der Waals surface area contributed by atoms with Crippen molar-refractivity contribution in [2.45, 2.75) is 46.2 Å². The Morgan fingerprint density at radius 2 is 2.08 bits per heavy atom. The van der Waals surface area contributed by atoms with Gasteiger partial charge in [0.1, 0.15) is 0 Å². The molecule has 130 valence electrons. The van der Waals surface area contributed by atoms with E-state index in [2.05, 4.69) is 23.1 Å². The molecule has 1 atom stereocenters. The molecule has 5 nitrogen and oxygen atoms in total. The number of nitrogens with zero attached hydrogens (tertiary/aromatic N) is 3. The number of aromatic nitrogens is 3. The van der Waals surface area contributed by atoms with Gasteiger partial charge in [-0.1, -0.05) is 18.2 Å². The van der Waals surface area contributed by atoms with Crippen LogP contribution in [0.3, 0.4) is 0 Å². The topological polar surface area (TPSA) is 53.9 Å². The molecule has 0 bridgehead atoms. The van der Waals surface area contributed by atoms with Crippen LogP contribution < -0.4 is 0 Å². The number of amides is 1. The lowest BCUT2D eigenvalue weighted by Crippen LogP contribution is -2.38. The van der Waals surface area contributed by atoms with Gasteiger partial charge < -0.3 is 9.88 Å². The summed E-state index contributed by atoms with van der Waals surface area (Å²) in [6, 6.07) is 10.3. The maximum Gasteiger partial charge on any atom is 0.256 e. The van der Waals surface area contributed by atoms with Crippen LogP contribution in [0.5, 0.6) is 0 Å². The molecule has 1 saturated heterocycles. The number of hydrogen-bond donors (Lipinski definition) is 1. The molecule has 4 rings (SSSR count). The fourth-order valence-corrected chi connectivity index (χ4v) is 4.05. The number of H-pyrrole nitrogens is 1. The predicted octanol–water partition coefficient (Wildman–Crippen LogP) is 3.59. The number of hydrogen-bond acceptors (Lipinski definition) is 2. The molecule has 2 aromatic heterocycles. The van der Waals surface area contributed by atoms with E-state index >= 15 is 0 Å². The van der Waals surface area contributed by atoms with E-state index in [1.165, 1.54) is 0 Å². The first kappa shape index (κ1) is 15.9. The summed E-state index contributed by atoms with van der Waals surface area (Å²) in [6.07, 6.45) is 2.09. The highest BCUT2D eigenvalue weighted by Gasteiger charge is 2.32. The molecule has 0 saturated carbocycles. The third-order valence-electron chi connectivity index (χ3n) is 5.23. The van der Waals surface area contributed by atoms with Crippen molar-refractivity contribution in [3.63, 3.8) is 0 Å². The average Bonchev–Trinajstić information content (AvgIpc) is 3.24. The van der Waals surface area contributed by atoms with Crippen molar-refractivity contribution in [2.75, 3.05) is 6.54 Å². The van der Waals surface area contributed by atoms with Gasteiger partial charge in [0.25, 0.3) is 5.91 Å². The molecule has 25 heavy (non-hydrogen) atoms. The van der Waals surface area contributed by atoms with Gasteiger partial charge in [-0.25, -0.2) is 0 Å². The average molecular weight is 336 g/mol. The van der Waals surface area contributed by atoms with E-state index in [0.29, 0.717) is 0 Å². The van der Waals surface area contributed by atoms with Crippen LogP contribution in [0.4, 0.5) is 0 Å². The molecule has 3 aromatic rings. The first-order valence-corrected chi connectivity index (χ1v) is 8.94. The molecule has 1 aliphatic rings. The van der Waals surface area contributed by atoms with Gasteiger partial charge >= 0.3 is 0 Å². The highest BCUT2D eigenvalue weighted by atomic mass is 16.2. The normalized spacial score (nSPS) is 17.6. The molecule has 0 spiro atoms. The van der Waals surface area contributed by atoms with E-state index in [0.717, 1.165) is 59.5 Å². The quantitative estimate of drug-likeness (QED) is 0.794. The van der Waals surface area contributed by atoms with Crippen molar-refractivity contribution in [1.29, 1.82) is 0 Å². The predicted molar refractivity (Wildman–Crippen MR) is 98.8 cm³/mol. The minimum atomic E-state index is 0.138. The third kappa shape index (κ3) is 2.73. The highest BCUT2D eigenvalue weighted by Crippen LogP contribution is 2.28. The number of para-hydroxylation sites is 1. The van der Waals surface area contributed by atoms with Crippen molar-refractivity contribution >= 4 is 16.8 Å². The Morgan fingerprint density at radius 3 is 2.84 bits per heavy atom. The third-order valence-corrected chi connectivity index (χ3v) is 5.23. The summed E-state index contributed by atoms with van der Waals surface area (Å²) < 4.78 is 2.04. The van der Waals surface area contributed by atoms with Crippen molar-refractivity contribution in [1.82, 2.24) is 19.7 Å². The van der Waals surface area contributed by atoms with Gasteiger partial charge in [0, 0.05) is 28.8 Å². The number of aryl methyl sites for hydroxylation is 3. The Labute approximate surface area is 147 Å². The molecule has 1 aliphatic heterocycles. The van der Waals surface area contributed by atoms with Crippen LogP contribution in [-0.2, 0) is 6.54 Å². The SMILES string of the molecule is Cc1cc(C)n(CC2CCCN2C(=O)c2c(C)[nH]c3ccccc23)n1.